The van der Waals surface area contributed by atoms with E-state index < -0.39 is 0 Å². The predicted molar refractivity (Wildman–Crippen MR) is 97.2 cm³/mol. The molecule has 0 spiro atoms. The van der Waals surface area contributed by atoms with Crippen molar-refractivity contribution in [3.63, 3.8) is 0 Å². The molecular weight excluding hydrogens is 322 g/mol. The number of thiophene rings is 1. The number of benzene rings is 1. The van der Waals surface area contributed by atoms with Crippen molar-refractivity contribution in [1.29, 1.82) is 0 Å². The summed E-state index contributed by atoms with van der Waals surface area (Å²) in [7, 11) is 0. The van der Waals surface area contributed by atoms with Crippen LogP contribution in [-0.2, 0) is 11.3 Å². The van der Waals surface area contributed by atoms with E-state index in [1.54, 1.807) is 4.90 Å². The van der Waals surface area contributed by atoms with Crippen LogP contribution in [0.4, 0.5) is 0 Å². The molecule has 0 saturated heterocycles. The zero-order valence-electron chi connectivity index (χ0n) is 13.7. The van der Waals surface area contributed by atoms with Gasteiger partial charge >= 0.3 is 0 Å². The van der Waals surface area contributed by atoms with Crippen molar-refractivity contribution in [2.45, 2.75) is 20.4 Å². The number of hydrogen-bond donors (Lipinski definition) is 0. The van der Waals surface area contributed by atoms with Gasteiger partial charge in [-0.15, -0.1) is 11.3 Å². The Morgan fingerprint density at radius 3 is 2.58 bits per heavy atom. The molecule has 0 unspecified atom stereocenters. The Labute approximate surface area is 144 Å². The molecule has 24 heavy (non-hydrogen) atoms. The average molecular weight is 341 g/mol. The minimum atomic E-state index is -0.166. The van der Waals surface area contributed by atoms with Crippen LogP contribution in [-0.4, -0.2) is 33.4 Å². The first kappa shape index (κ1) is 16.4. The van der Waals surface area contributed by atoms with Gasteiger partial charge in [0, 0.05) is 24.0 Å². The van der Waals surface area contributed by atoms with Crippen LogP contribution >= 0.6 is 11.3 Å². The molecule has 0 N–H and O–H groups in total. The highest BCUT2D eigenvalue weighted by molar-refractivity contribution is 7.17. The van der Waals surface area contributed by atoms with Gasteiger partial charge in [0.1, 0.15) is 11.4 Å². The minimum absolute atomic E-state index is 0.0214. The van der Waals surface area contributed by atoms with E-state index in [4.69, 9.17) is 0 Å². The molecule has 124 valence electrons. The summed E-state index contributed by atoms with van der Waals surface area (Å²) in [5.41, 5.74) is 1.69. The molecule has 0 aliphatic heterocycles. The third-order valence-electron chi connectivity index (χ3n) is 4.07. The third-order valence-corrected chi connectivity index (χ3v) is 4.95. The Morgan fingerprint density at radius 1 is 1.21 bits per heavy atom. The molecule has 0 saturated carbocycles. The average Bonchev–Trinajstić information content (AvgIpc) is 3.04. The van der Waals surface area contributed by atoms with Gasteiger partial charge in [0.25, 0.3) is 5.56 Å². The molecule has 6 heteroatoms. The molecule has 2 heterocycles. The van der Waals surface area contributed by atoms with Crippen LogP contribution in [0.5, 0.6) is 0 Å². The first-order valence-electron chi connectivity index (χ1n) is 7.95. The van der Waals surface area contributed by atoms with Crippen molar-refractivity contribution in [3.05, 3.63) is 52.4 Å². The summed E-state index contributed by atoms with van der Waals surface area (Å²) in [5.74, 6) is -0.0697. The Morgan fingerprint density at radius 2 is 1.92 bits per heavy atom. The van der Waals surface area contributed by atoms with E-state index in [0.717, 1.165) is 11.1 Å². The van der Waals surface area contributed by atoms with E-state index in [-0.39, 0.29) is 18.0 Å². The van der Waals surface area contributed by atoms with E-state index in [1.807, 2.05) is 49.6 Å². The van der Waals surface area contributed by atoms with Crippen molar-refractivity contribution >= 4 is 27.5 Å². The molecule has 2 aromatic heterocycles. The molecule has 1 amide bonds. The van der Waals surface area contributed by atoms with E-state index in [9.17, 15) is 9.59 Å². The van der Waals surface area contributed by atoms with Gasteiger partial charge in [-0.25, -0.2) is 4.98 Å². The number of amides is 1. The van der Waals surface area contributed by atoms with Crippen molar-refractivity contribution in [1.82, 2.24) is 14.5 Å². The summed E-state index contributed by atoms with van der Waals surface area (Å²) in [5, 5.41) is 2.53. The fourth-order valence-corrected chi connectivity index (χ4v) is 3.64. The highest BCUT2D eigenvalue weighted by atomic mass is 32.1. The lowest BCUT2D eigenvalue weighted by atomic mass is 10.1. The van der Waals surface area contributed by atoms with Crippen LogP contribution in [0.2, 0.25) is 0 Å². The summed E-state index contributed by atoms with van der Waals surface area (Å²) < 4.78 is 1.40. The molecule has 5 nitrogen and oxygen atoms in total. The lowest BCUT2D eigenvalue weighted by Gasteiger charge is -2.18. The summed E-state index contributed by atoms with van der Waals surface area (Å²) in [6.07, 6.45) is 1.47. The quantitative estimate of drug-likeness (QED) is 0.717. The van der Waals surface area contributed by atoms with E-state index >= 15 is 0 Å². The highest BCUT2D eigenvalue weighted by Crippen LogP contribution is 2.30. The number of likely N-dealkylation sites (N-methyl/N-ethyl adjacent to an activating group) is 1. The minimum Gasteiger partial charge on any atom is -0.342 e. The van der Waals surface area contributed by atoms with Crippen LogP contribution < -0.4 is 5.56 Å². The van der Waals surface area contributed by atoms with Gasteiger partial charge in [-0.2, -0.15) is 0 Å². The normalized spacial score (nSPS) is 10.9. The Bertz CT molecular complexity index is 911. The maximum atomic E-state index is 12.9. The highest BCUT2D eigenvalue weighted by Gasteiger charge is 2.16. The van der Waals surface area contributed by atoms with Crippen LogP contribution in [0.15, 0.2) is 46.8 Å². The first-order valence-corrected chi connectivity index (χ1v) is 8.83. The molecule has 0 atom stereocenters. The lowest BCUT2D eigenvalue weighted by molar-refractivity contribution is -0.131. The second-order valence-corrected chi connectivity index (χ2v) is 6.30. The summed E-state index contributed by atoms with van der Waals surface area (Å²) in [4.78, 5) is 31.9. The molecule has 0 radical (unpaired) electrons. The molecule has 1 aromatic carbocycles. The van der Waals surface area contributed by atoms with Crippen molar-refractivity contribution in [3.8, 4) is 11.1 Å². The monoisotopic (exact) mass is 341 g/mol. The van der Waals surface area contributed by atoms with Crippen molar-refractivity contribution in [2.75, 3.05) is 13.1 Å². The van der Waals surface area contributed by atoms with Gasteiger partial charge in [0.15, 0.2) is 0 Å². The van der Waals surface area contributed by atoms with Gasteiger partial charge in [-0.3, -0.25) is 14.2 Å². The number of carbonyl (C=O) groups is 1. The third kappa shape index (κ3) is 2.97. The fourth-order valence-electron chi connectivity index (χ4n) is 2.73. The Balaban J connectivity index is 2.05. The number of aromatic nitrogens is 2. The SMILES string of the molecule is CCN(CC)C(=O)Cn1cnc2scc(-c3ccccc3)c2c1=O. The largest absolute Gasteiger partial charge is 0.342 e. The number of nitrogens with zero attached hydrogens (tertiary/aromatic N) is 3. The number of hydrogen-bond acceptors (Lipinski definition) is 4. The summed E-state index contributed by atoms with van der Waals surface area (Å²) >= 11 is 1.45. The number of fused-ring (bicyclic) bond motifs is 1. The molecular formula is C18H19N3O2S. The standard InChI is InChI=1S/C18H19N3O2S/c1-3-20(4-2)15(22)10-21-12-19-17-16(18(21)23)14(11-24-17)13-8-6-5-7-9-13/h5-9,11-12H,3-4,10H2,1-2H3. The Hall–Kier alpha value is -2.47. The number of rotatable bonds is 5. The smallest absolute Gasteiger partial charge is 0.263 e. The summed E-state index contributed by atoms with van der Waals surface area (Å²) in [6.45, 7) is 5.14. The van der Waals surface area contributed by atoms with Gasteiger partial charge in [0.05, 0.1) is 11.7 Å². The van der Waals surface area contributed by atoms with Crippen LogP contribution in [0.3, 0.4) is 0 Å². The second kappa shape index (κ2) is 6.97. The molecule has 0 bridgehead atoms. The first-order chi connectivity index (χ1) is 11.7. The maximum Gasteiger partial charge on any atom is 0.263 e. The number of carbonyl (C=O) groups excluding carboxylic acids is 1. The van der Waals surface area contributed by atoms with Crippen molar-refractivity contribution in [2.24, 2.45) is 0 Å². The summed E-state index contributed by atoms with van der Waals surface area (Å²) in [6, 6.07) is 9.77. The van der Waals surface area contributed by atoms with E-state index in [0.29, 0.717) is 23.3 Å². The molecule has 0 fully saturated rings. The predicted octanol–water partition coefficient (Wildman–Crippen LogP) is 2.99. The van der Waals surface area contributed by atoms with Crippen LogP contribution in [0, 0.1) is 0 Å². The fraction of sp³-hybridized carbons (Fsp3) is 0.278. The van der Waals surface area contributed by atoms with Crippen molar-refractivity contribution < 1.29 is 4.79 Å². The second-order valence-electron chi connectivity index (χ2n) is 5.44. The zero-order valence-corrected chi connectivity index (χ0v) is 14.5. The van der Waals surface area contributed by atoms with E-state index in [1.165, 1.54) is 22.2 Å². The molecule has 3 aromatic rings. The van der Waals surface area contributed by atoms with Gasteiger partial charge in [0.2, 0.25) is 5.91 Å². The molecule has 0 aliphatic rings. The van der Waals surface area contributed by atoms with Crippen LogP contribution in [0.1, 0.15) is 13.8 Å². The van der Waals surface area contributed by atoms with Gasteiger partial charge in [-0.1, -0.05) is 30.3 Å². The topological polar surface area (TPSA) is 55.2 Å². The van der Waals surface area contributed by atoms with Gasteiger partial charge < -0.3 is 4.90 Å². The maximum absolute atomic E-state index is 12.9. The van der Waals surface area contributed by atoms with Gasteiger partial charge in [-0.05, 0) is 19.4 Å². The Kier molecular flexibility index (Phi) is 4.76. The van der Waals surface area contributed by atoms with E-state index in [2.05, 4.69) is 4.98 Å². The zero-order chi connectivity index (χ0) is 17.1. The molecule has 0 aliphatic carbocycles. The molecule has 3 rings (SSSR count). The van der Waals surface area contributed by atoms with Crippen LogP contribution in [0.25, 0.3) is 21.3 Å². The lowest BCUT2D eigenvalue weighted by Crippen LogP contribution is -2.36.